The first-order chi connectivity index (χ1) is 10.1. The molecular formula is C18H22ClNO. The van der Waals surface area contributed by atoms with E-state index >= 15 is 0 Å². The minimum atomic E-state index is 0.0847. The average molecular weight is 304 g/mol. The summed E-state index contributed by atoms with van der Waals surface area (Å²) in [5, 5.41) is 0.677. The van der Waals surface area contributed by atoms with Gasteiger partial charge in [0.15, 0.2) is 0 Å². The molecular weight excluding hydrogens is 282 g/mol. The van der Waals surface area contributed by atoms with Crippen LogP contribution in [-0.2, 0) is 0 Å². The summed E-state index contributed by atoms with van der Waals surface area (Å²) in [6, 6.07) is 5.59. The first kappa shape index (κ1) is 15.8. The predicted octanol–water partition coefficient (Wildman–Crippen LogP) is 4.95. The summed E-state index contributed by atoms with van der Waals surface area (Å²) in [6.07, 6.45) is 6.28. The van der Waals surface area contributed by atoms with E-state index in [9.17, 15) is 4.79 Å². The highest BCUT2D eigenvalue weighted by Crippen LogP contribution is 2.32. The summed E-state index contributed by atoms with van der Waals surface area (Å²) in [7, 11) is 0. The maximum Gasteiger partial charge on any atom is 0.254 e. The maximum absolute atomic E-state index is 12.7. The van der Waals surface area contributed by atoms with E-state index in [0.717, 1.165) is 37.1 Å². The van der Waals surface area contributed by atoms with Gasteiger partial charge in [-0.2, -0.15) is 0 Å². The van der Waals surface area contributed by atoms with Crippen molar-refractivity contribution >= 4 is 23.1 Å². The zero-order valence-corrected chi connectivity index (χ0v) is 13.7. The Bertz CT molecular complexity index is 597. The third kappa shape index (κ3) is 3.38. The molecule has 1 aromatic carbocycles. The van der Waals surface area contributed by atoms with E-state index in [4.69, 9.17) is 11.6 Å². The first-order valence-electron chi connectivity index (χ1n) is 7.54. The van der Waals surface area contributed by atoms with E-state index in [0.29, 0.717) is 5.02 Å². The summed E-state index contributed by atoms with van der Waals surface area (Å²) in [5.41, 5.74) is 4.20. The van der Waals surface area contributed by atoms with E-state index < -0.39 is 0 Å². The van der Waals surface area contributed by atoms with Crippen LogP contribution in [-0.4, -0.2) is 23.9 Å². The molecule has 0 saturated heterocycles. The molecule has 2 rings (SSSR count). The van der Waals surface area contributed by atoms with Crippen LogP contribution in [0.1, 0.15) is 49.5 Å². The van der Waals surface area contributed by atoms with Crippen molar-refractivity contribution in [3.05, 3.63) is 52.1 Å². The van der Waals surface area contributed by atoms with Gasteiger partial charge in [0.05, 0.1) is 0 Å². The molecule has 0 atom stereocenters. The molecule has 0 spiro atoms. The number of nitrogens with zero attached hydrogens (tertiary/aromatic N) is 1. The van der Waals surface area contributed by atoms with E-state index in [1.165, 1.54) is 11.1 Å². The van der Waals surface area contributed by atoms with Gasteiger partial charge in [-0.1, -0.05) is 23.8 Å². The largest absolute Gasteiger partial charge is 0.339 e. The molecule has 0 aromatic heterocycles. The lowest BCUT2D eigenvalue weighted by molar-refractivity contribution is 0.0772. The molecule has 112 valence electrons. The topological polar surface area (TPSA) is 20.3 Å². The zero-order valence-electron chi connectivity index (χ0n) is 12.9. The normalized spacial score (nSPS) is 14.5. The van der Waals surface area contributed by atoms with Gasteiger partial charge in [-0.15, -0.1) is 0 Å². The Morgan fingerprint density at radius 1 is 1.29 bits per heavy atom. The highest BCUT2D eigenvalue weighted by Gasteiger charge is 2.20. The van der Waals surface area contributed by atoms with Crippen molar-refractivity contribution < 1.29 is 4.79 Å². The second-order valence-corrected chi connectivity index (χ2v) is 5.71. The van der Waals surface area contributed by atoms with Gasteiger partial charge >= 0.3 is 0 Å². The molecule has 0 aliphatic heterocycles. The number of hydrogen-bond donors (Lipinski definition) is 0. The van der Waals surface area contributed by atoms with Gasteiger partial charge in [-0.25, -0.2) is 0 Å². The van der Waals surface area contributed by atoms with Crippen molar-refractivity contribution in [3.63, 3.8) is 0 Å². The molecule has 0 radical (unpaired) electrons. The van der Waals surface area contributed by atoms with Crippen LogP contribution in [0.5, 0.6) is 0 Å². The fourth-order valence-corrected chi connectivity index (χ4v) is 2.94. The van der Waals surface area contributed by atoms with Crippen molar-refractivity contribution in [1.29, 1.82) is 0 Å². The molecule has 0 unspecified atom stereocenters. The first-order valence-corrected chi connectivity index (χ1v) is 7.91. The van der Waals surface area contributed by atoms with Crippen LogP contribution < -0.4 is 0 Å². The van der Waals surface area contributed by atoms with Gasteiger partial charge in [0.2, 0.25) is 0 Å². The lowest BCUT2D eigenvalue weighted by Crippen LogP contribution is -2.31. The minimum Gasteiger partial charge on any atom is -0.339 e. The quantitative estimate of drug-likeness (QED) is 0.771. The van der Waals surface area contributed by atoms with Crippen molar-refractivity contribution in [2.24, 2.45) is 0 Å². The zero-order chi connectivity index (χ0) is 15.4. The Morgan fingerprint density at radius 3 is 2.62 bits per heavy atom. The second kappa shape index (κ2) is 6.95. The monoisotopic (exact) mass is 303 g/mol. The number of rotatable bonds is 4. The molecule has 1 aliphatic rings. The van der Waals surface area contributed by atoms with Crippen molar-refractivity contribution in [3.8, 4) is 0 Å². The van der Waals surface area contributed by atoms with E-state index in [-0.39, 0.29) is 5.91 Å². The summed E-state index contributed by atoms with van der Waals surface area (Å²) in [4.78, 5) is 14.6. The third-order valence-corrected chi connectivity index (χ3v) is 4.23. The van der Waals surface area contributed by atoms with Crippen LogP contribution in [0.4, 0.5) is 0 Å². The Hall–Kier alpha value is -1.54. The van der Waals surface area contributed by atoms with Crippen LogP contribution in [0.15, 0.2) is 35.9 Å². The number of hydrogen-bond acceptors (Lipinski definition) is 1. The highest BCUT2D eigenvalue weighted by atomic mass is 35.5. The van der Waals surface area contributed by atoms with E-state index in [1.54, 1.807) is 6.07 Å². The number of carbonyl (C=O) groups is 1. The average Bonchev–Trinajstić information content (AvgIpc) is 2.48. The van der Waals surface area contributed by atoms with Crippen molar-refractivity contribution in [2.75, 3.05) is 13.1 Å². The summed E-state index contributed by atoms with van der Waals surface area (Å²) < 4.78 is 0. The predicted molar refractivity (Wildman–Crippen MR) is 89.7 cm³/mol. The Morgan fingerprint density at radius 2 is 2.00 bits per heavy atom. The summed E-state index contributed by atoms with van der Waals surface area (Å²) in [6.45, 7) is 7.54. The van der Waals surface area contributed by atoms with Gasteiger partial charge < -0.3 is 4.90 Å². The molecule has 0 heterocycles. The highest BCUT2D eigenvalue weighted by molar-refractivity contribution is 6.31. The number of allylic oxidation sites excluding steroid dienone is 4. The van der Waals surface area contributed by atoms with Crippen molar-refractivity contribution in [1.82, 2.24) is 4.90 Å². The van der Waals surface area contributed by atoms with Gasteiger partial charge in [-0.3, -0.25) is 4.79 Å². The Kier molecular flexibility index (Phi) is 5.24. The molecule has 3 heteroatoms. The minimum absolute atomic E-state index is 0.0847. The Balaban J connectivity index is 2.53. The number of benzene rings is 1. The summed E-state index contributed by atoms with van der Waals surface area (Å²) >= 11 is 6.17. The Labute approximate surface area is 132 Å². The molecule has 0 bridgehead atoms. The lowest BCUT2D eigenvalue weighted by atomic mass is 9.89. The number of amides is 1. The molecule has 1 aliphatic carbocycles. The molecule has 1 aromatic rings. The third-order valence-electron chi connectivity index (χ3n) is 3.99. The van der Waals surface area contributed by atoms with Gasteiger partial charge in [0, 0.05) is 23.7 Å². The molecule has 0 fully saturated rings. The maximum atomic E-state index is 12.7. The molecule has 21 heavy (non-hydrogen) atoms. The molecule has 2 nitrogen and oxygen atoms in total. The molecule has 0 N–H and O–H groups in total. The van der Waals surface area contributed by atoms with Crippen molar-refractivity contribution in [2.45, 2.75) is 33.6 Å². The SMILES string of the molecule is CCN(CC)C(=O)c1ccc(Cl)cc1C1=C(C)C=CCC1. The van der Waals surface area contributed by atoms with Crippen LogP contribution in [0, 0.1) is 0 Å². The van der Waals surface area contributed by atoms with Crippen LogP contribution in [0.25, 0.3) is 5.57 Å². The number of carbonyl (C=O) groups excluding carboxylic acids is 1. The van der Waals surface area contributed by atoms with E-state index in [2.05, 4.69) is 19.1 Å². The summed E-state index contributed by atoms with van der Waals surface area (Å²) in [5.74, 6) is 0.0847. The fourth-order valence-electron chi connectivity index (χ4n) is 2.77. The molecule has 0 saturated carbocycles. The second-order valence-electron chi connectivity index (χ2n) is 5.27. The fraction of sp³-hybridized carbons (Fsp3) is 0.389. The van der Waals surface area contributed by atoms with Crippen LogP contribution >= 0.6 is 11.6 Å². The van der Waals surface area contributed by atoms with Crippen LogP contribution in [0.2, 0.25) is 5.02 Å². The molecule has 1 amide bonds. The number of halogens is 1. The standard InChI is InChI=1S/C18H22ClNO/c1-4-20(5-2)18(21)16-11-10-14(19)12-17(16)15-9-7-6-8-13(15)3/h6,8,10-12H,4-5,7,9H2,1-3H3. The van der Waals surface area contributed by atoms with Gasteiger partial charge in [0.1, 0.15) is 0 Å². The van der Waals surface area contributed by atoms with Gasteiger partial charge in [0.25, 0.3) is 5.91 Å². The van der Waals surface area contributed by atoms with Crippen LogP contribution in [0.3, 0.4) is 0 Å². The smallest absolute Gasteiger partial charge is 0.254 e. The van der Waals surface area contributed by atoms with Gasteiger partial charge in [-0.05, 0) is 68.5 Å². The van der Waals surface area contributed by atoms with E-state index in [1.807, 2.05) is 30.9 Å². The lowest BCUT2D eigenvalue weighted by Gasteiger charge is -2.22.